The number of hydrogen-bond donors (Lipinski definition) is 2. The summed E-state index contributed by atoms with van der Waals surface area (Å²) in [6.45, 7) is 11.2. The normalized spacial score (nSPS) is 14.3. The van der Waals surface area contributed by atoms with Gasteiger partial charge in [0.05, 0.1) is 14.2 Å². The van der Waals surface area contributed by atoms with E-state index in [1.807, 2.05) is 6.92 Å². The molecule has 1 rings (SSSR count). The summed E-state index contributed by atoms with van der Waals surface area (Å²) in [6, 6.07) is 0. The topological polar surface area (TPSA) is 58.9 Å². The molecule has 0 fully saturated rings. The van der Waals surface area contributed by atoms with Gasteiger partial charge in [0.2, 0.25) is 11.5 Å². The Morgan fingerprint density at radius 1 is 0.677 bits per heavy atom. The Hall–Kier alpha value is -1.58. The number of aromatic hydroxyl groups is 2. The molecule has 4 nitrogen and oxygen atoms in total. The molecule has 0 amide bonds. The first kappa shape index (κ1) is 27.5. The van der Waals surface area contributed by atoms with Crippen molar-refractivity contribution >= 4 is 0 Å². The highest BCUT2D eigenvalue weighted by molar-refractivity contribution is 5.65. The molecular weight excluding hydrogens is 388 g/mol. The highest BCUT2D eigenvalue weighted by Crippen LogP contribution is 2.48. The molecule has 0 aliphatic carbocycles. The Kier molecular flexibility index (Phi) is 12.8. The Morgan fingerprint density at radius 2 is 1.10 bits per heavy atom. The predicted octanol–water partition coefficient (Wildman–Crippen LogP) is 7.80. The van der Waals surface area contributed by atoms with Gasteiger partial charge in [0.1, 0.15) is 0 Å². The molecule has 31 heavy (non-hydrogen) atoms. The lowest BCUT2D eigenvalue weighted by atomic mass is 9.90. The van der Waals surface area contributed by atoms with E-state index >= 15 is 0 Å². The fourth-order valence-electron chi connectivity index (χ4n) is 4.53. The average Bonchev–Trinajstić information content (AvgIpc) is 2.74. The first-order valence-corrected chi connectivity index (χ1v) is 12.4. The molecule has 0 spiro atoms. The van der Waals surface area contributed by atoms with Gasteiger partial charge in [-0.1, -0.05) is 85.5 Å². The van der Waals surface area contributed by atoms with E-state index in [0.717, 1.165) is 30.2 Å². The number of ether oxygens (including phenoxy) is 2. The summed E-state index contributed by atoms with van der Waals surface area (Å²) in [5, 5.41) is 21.0. The second-order valence-corrected chi connectivity index (χ2v) is 9.73. The number of hydrogen-bond acceptors (Lipinski definition) is 4. The molecule has 0 aliphatic heterocycles. The molecule has 0 aliphatic rings. The summed E-state index contributed by atoms with van der Waals surface area (Å²) < 4.78 is 10.5. The van der Waals surface area contributed by atoms with Gasteiger partial charge < -0.3 is 19.7 Å². The van der Waals surface area contributed by atoms with Gasteiger partial charge in [0, 0.05) is 11.1 Å². The molecular formula is C27H48O4. The van der Waals surface area contributed by atoms with Crippen LogP contribution in [0, 0.1) is 24.7 Å². The minimum atomic E-state index is 0.0534. The zero-order chi connectivity index (χ0) is 23.4. The van der Waals surface area contributed by atoms with Gasteiger partial charge in [-0.15, -0.1) is 0 Å². The highest BCUT2D eigenvalue weighted by Gasteiger charge is 2.23. The van der Waals surface area contributed by atoms with E-state index in [9.17, 15) is 10.2 Å². The maximum atomic E-state index is 10.6. The first-order chi connectivity index (χ1) is 14.8. The molecule has 2 N–H and O–H groups in total. The summed E-state index contributed by atoms with van der Waals surface area (Å²) >= 11 is 0. The summed E-state index contributed by atoms with van der Waals surface area (Å²) in [7, 11) is 2.94. The fraction of sp³-hybridized carbons (Fsp3) is 0.778. The molecule has 0 aromatic heterocycles. The SMILES string of the molecule is CCCCC(C)CCCC(C)CCCC(C)CCc1c(C)c(O)c(OC)c(OC)c1O. The van der Waals surface area contributed by atoms with Crippen molar-refractivity contribution in [3.8, 4) is 23.0 Å². The van der Waals surface area contributed by atoms with Crippen LogP contribution in [0.4, 0.5) is 0 Å². The zero-order valence-corrected chi connectivity index (χ0v) is 21.2. The Morgan fingerprint density at radius 3 is 1.55 bits per heavy atom. The quantitative estimate of drug-likeness (QED) is 0.260. The monoisotopic (exact) mass is 436 g/mol. The summed E-state index contributed by atoms with van der Waals surface area (Å²) in [6.07, 6.45) is 13.6. The first-order valence-electron chi connectivity index (χ1n) is 12.4. The van der Waals surface area contributed by atoms with Crippen LogP contribution in [0.25, 0.3) is 0 Å². The maximum Gasteiger partial charge on any atom is 0.207 e. The maximum absolute atomic E-state index is 10.6. The summed E-state index contributed by atoms with van der Waals surface area (Å²) in [5.41, 5.74) is 1.43. The second-order valence-electron chi connectivity index (χ2n) is 9.73. The molecule has 0 radical (unpaired) electrons. The molecule has 0 saturated heterocycles. The van der Waals surface area contributed by atoms with Crippen molar-refractivity contribution in [2.24, 2.45) is 17.8 Å². The van der Waals surface area contributed by atoms with Gasteiger partial charge in [-0.2, -0.15) is 0 Å². The number of benzene rings is 1. The second kappa shape index (κ2) is 14.5. The van der Waals surface area contributed by atoms with Crippen molar-refractivity contribution in [2.45, 2.75) is 105 Å². The Bertz CT molecular complexity index is 641. The molecule has 180 valence electrons. The van der Waals surface area contributed by atoms with Crippen LogP contribution in [0.1, 0.15) is 103 Å². The van der Waals surface area contributed by atoms with Crippen LogP contribution in [0.3, 0.4) is 0 Å². The lowest BCUT2D eigenvalue weighted by molar-refractivity contribution is 0.313. The summed E-state index contributed by atoms with van der Waals surface area (Å²) in [5.74, 6) is 2.81. The van der Waals surface area contributed by atoms with Crippen LogP contribution in [-0.2, 0) is 6.42 Å². The smallest absolute Gasteiger partial charge is 0.207 e. The van der Waals surface area contributed by atoms with Gasteiger partial charge in [0.25, 0.3) is 0 Å². The highest BCUT2D eigenvalue weighted by atomic mass is 16.5. The van der Waals surface area contributed by atoms with Crippen LogP contribution >= 0.6 is 0 Å². The van der Waals surface area contributed by atoms with Crippen LogP contribution in [-0.4, -0.2) is 24.4 Å². The van der Waals surface area contributed by atoms with Gasteiger partial charge in [0.15, 0.2) is 11.5 Å². The molecule has 0 saturated carbocycles. The molecule has 1 aromatic carbocycles. The lowest BCUT2D eigenvalue weighted by Crippen LogP contribution is -2.03. The van der Waals surface area contributed by atoms with Gasteiger partial charge in [-0.05, 0) is 37.5 Å². The van der Waals surface area contributed by atoms with E-state index < -0.39 is 0 Å². The van der Waals surface area contributed by atoms with Gasteiger partial charge in [-0.3, -0.25) is 0 Å². The number of unbranched alkanes of at least 4 members (excludes halogenated alkanes) is 1. The Balaban J connectivity index is 2.41. The largest absolute Gasteiger partial charge is 0.504 e. The van der Waals surface area contributed by atoms with E-state index in [4.69, 9.17) is 9.47 Å². The van der Waals surface area contributed by atoms with E-state index in [1.54, 1.807) is 0 Å². The van der Waals surface area contributed by atoms with Crippen LogP contribution in [0.5, 0.6) is 23.0 Å². The molecule has 3 unspecified atom stereocenters. The predicted molar refractivity (Wildman–Crippen MR) is 131 cm³/mol. The number of methoxy groups -OCH3 is 2. The molecule has 1 aromatic rings. The third-order valence-corrected chi connectivity index (χ3v) is 6.86. The number of rotatable bonds is 16. The van der Waals surface area contributed by atoms with Gasteiger partial charge >= 0.3 is 0 Å². The molecule has 3 atom stereocenters. The van der Waals surface area contributed by atoms with Crippen LogP contribution in [0.15, 0.2) is 0 Å². The fourth-order valence-corrected chi connectivity index (χ4v) is 4.53. The van der Waals surface area contributed by atoms with E-state index in [-0.39, 0.29) is 23.0 Å². The van der Waals surface area contributed by atoms with Crippen molar-refractivity contribution in [2.75, 3.05) is 14.2 Å². The molecule has 4 heteroatoms. The summed E-state index contributed by atoms with van der Waals surface area (Å²) in [4.78, 5) is 0. The number of phenolic OH excluding ortho intramolecular Hbond substituents is 2. The van der Waals surface area contributed by atoms with Gasteiger partial charge in [-0.25, -0.2) is 0 Å². The van der Waals surface area contributed by atoms with Crippen LogP contribution in [0.2, 0.25) is 0 Å². The minimum absolute atomic E-state index is 0.0534. The third kappa shape index (κ3) is 8.82. The van der Waals surface area contributed by atoms with Crippen molar-refractivity contribution in [3.63, 3.8) is 0 Å². The van der Waals surface area contributed by atoms with E-state index in [0.29, 0.717) is 11.5 Å². The van der Waals surface area contributed by atoms with E-state index in [2.05, 4.69) is 27.7 Å². The van der Waals surface area contributed by atoms with Crippen molar-refractivity contribution < 1.29 is 19.7 Å². The average molecular weight is 437 g/mol. The minimum Gasteiger partial charge on any atom is -0.504 e. The molecule has 0 bridgehead atoms. The Labute approximate surface area is 191 Å². The standard InChI is InChI=1S/C27H48O4/c1-8-9-12-19(2)13-10-14-20(3)15-11-16-21(4)17-18-23-22(5)24(28)26(30-6)27(31-7)25(23)29/h19-21,28-29H,8-18H2,1-7H3. The zero-order valence-electron chi connectivity index (χ0n) is 21.2. The third-order valence-electron chi connectivity index (χ3n) is 6.86. The van der Waals surface area contributed by atoms with Crippen molar-refractivity contribution in [3.05, 3.63) is 11.1 Å². The van der Waals surface area contributed by atoms with Crippen molar-refractivity contribution in [1.82, 2.24) is 0 Å². The molecule has 0 heterocycles. The lowest BCUT2D eigenvalue weighted by Gasteiger charge is -2.19. The van der Waals surface area contributed by atoms with Crippen molar-refractivity contribution in [1.29, 1.82) is 0 Å². The number of phenols is 2. The van der Waals surface area contributed by atoms with E-state index in [1.165, 1.54) is 72.0 Å². The van der Waals surface area contributed by atoms with Crippen LogP contribution < -0.4 is 9.47 Å².